The Kier molecular flexibility index (Phi) is 3.19. The van der Waals surface area contributed by atoms with Crippen molar-refractivity contribution in [3.8, 4) is 5.75 Å². The van der Waals surface area contributed by atoms with Crippen molar-refractivity contribution in [3.63, 3.8) is 0 Å². The van der Waals surface area contributed by atoms with Crippen LogP contribution in [0.2, 0.25) is 0 Å². The third kappa shape index (κ3) is 2.03. The molecule has 2 amide bonds. The van der Waals surface area contributed by atoms with E-state index in [0.717, 1.165) is 28.0 Å². The molecule has 0 saturated carbocycles. The second-order valence-electron chi connectivity index (χ2n) is 6.35. The van der Waals surface area contributed by atoms with Gasteiger partial charge in [0, 0.05) is 12.0 Å². The first-order valence-corrected chi connectivity index (χ1v) is 8.93. The molecule has 3 atom stereocenters. The molecule has 1 aromatic heterocycles. The van der Waals surface area contributed by atoms with Crippen LogP contribution in [0, 0.1) is 0 Å². The predicted octanol–water partition coefficient (Wildman–Crippen LogP) is 1.28. The van der Waals surface area contributed by atoms with Crippen LogP contribution in [0.25, 0.3) is 10.2 Å². The summed E-state index contributed by atoms with van der Waals surface area (Å²) in [7, 11) is 0. The molecule has 3 aliphatic rings. The molecule has 126 valence electrons. The van der Waals surface area contributed by atoms with Gasteiger partial charge < -0.3 is 19.9 Å². The summed E-state index contributed by atoms with van der Waals surface area (Å²) >= 11 is 1.52. The second-order valence-corrected chi connectivity index (χ2v) is 7.36. The van der Waals surface area contributed by atoms with E-state index >= 15 is 0 Å². The number of carbonyl (C=O) groups excluding carboxylic acids is 1. The minimum absolute atomic E-state index is 0.00976. The van der Waals surface area contributed by atoms with E-state index in [9.17, 15) is 9.90 Å². The molecule has 0 spiro atoms. The average Bonchev–Trinajstić information content (AvgIpc) is 3.28. The van der Waals surface area contributed by atoms with E-state index in [0.29, 0.717) is 24.8 Å². The molecule has 0 radical (unpaired) electrons. The smallest absolute Gasteiger partial charge is 0.324 e. The van der Waals surface area contributed by atoms with Gasteiger partial charge in [-0.25, -0.2) is 9.78 Å². The normalized spacial score (nSPS) is 28.6. The summed E-state index contributed by atoms with van der Waals surface area (Å²) < 4.78 is 12.3. The number of thiazole rings is 1. The first-order chi connectivity index (χ1) is 11.7. The van der Waals surface area contributed by atoms with Crippen LogP contribution in [0.3, 0.4) is 0 Å². The number of nitrogens with one attached hydrogen (secondary N) is 1. The van der Waals surface area contributed by atoms with Gasteiger partial charge in [0.1, 0.15) is 5.75 Å². The standard InChI is InChI=1S/C16H17N3O4S/c20-6-8-5-10-11(7-23-8)19(15(21)17-10)16-18-14-9-3-4-22-12(9)1-2-13(14)24-16/h1-2,8,10-11,20H,3-7H2,(H,17,21)/t8-,10-,11+/m1/s1. The van der Waals surface area contributed by atoms with E-state index in [1.807, 2.05) is 12.1 Å². The number of aliphatic hydroxyl groups is 1. The molecule has 7 nitrogen and oxygen atoms in total. The van der Waals surface area contributed by atoms with Crippen LogP contribution < -0.4 is 15.0 Å². The van der Waals surface area contributed by atoms with E-state index in [1.54, 1.807) is 4.90 Å². The van der Waals surface area contributed by atoms with Gasteiger partial charge in [0.2, 0.25) is 0 Å². The highest BCUT2D eigenvalue weighted by Crippen LogP contribution is 2.39. The summed E-state index contributed by atoms with van der Waals surface area (Å²) in [6.45, 7) is 1.07. The highest BCUT2D eigenvalue weighted by molar-refractivity contribution is 7.22. The van der Waals surface area contributed by atoms with Crippen molar-refractivity contribution in [1.29, 1.82) is 0 Å². The quantitative estimate of drug-likeness (QED) is 0.855. The number of amides is 2. The number of hydrogen-bond donors (Lipinski definition) is 2. The van der Waals surface area contributed by atoms with Gasteiger partial charge >= 0.3 is 6.03 Å². The van der Waals surface area contributed by atoms with Crippen LogP contribution in [0.5, 0.6) is 5.75 Å². The third-order valence-corrected chi connectivity index (χ3v) is 5.99. The number of benzene rings is 1. The van der Waals surface area contributed by atoms with Gasteiger partial charge in [-0.1, -0.05) is 11.3 Å². The number of ether oxygens (including phenoxy) is 2. The number of aromatic nitrogens is 1. The monoisotopic (exact) mass is 347 g/mol. The number of rotatable bonds is 2. The zero-order valence-corrected chi connectivity index (χ0v) is 13.7. The Balaban J connectivity index is 1.52. The van der Waals surface area contributed by atoms with Crippen molar-refractivity contribution in [3.05, 3.63) is 17.7 Å². The highest BCUT2D eigenvalue weighted by atomic mass is 32.1. The minimum atomic E-state index is -0.206. The van der Waals surface area contributed by atoms with Gasteiger partial charge in [0.25, 0.3) is 0 Å². The van der Waals surface area contributed by atoms with Gasteiger partial charge in [-0.2, -0.15) is 0 Å². The summed E-state index contributed by atoms with van der Waals surface area (Å²) in [6, 6.07) is 3.76. The van der Waals surface area contributed by atoms with E-state index in [4.69, 9.17) is 14.5 Å². The first kappa shape index (κ1) is 14.4. The zero-order chi connectivity index (χ0) is 16.3. The molecule has 8 heteroatoms. The molecule has 0 unspecified atom stereocenters. The second kappa shape index (κ2) is 5.30. The molecular formula is C16H17N3O4S. The molecule has 4 heterocycles. The minimum Gasteiger partial charge on any atom is -0.493 e. The van der Waals surface area contributed by atoms with Crippen LogP contribution >= 0.6 is 11.3 Å². The van der Waals surface area contributed by atoms with Crippen LogP contribution in [0.4, 0.5) is 9.93 Å². The molecule has 2 N–H and O–H groups in total. The lowest BCUT2D eigenvalue weighted by atomic mass is 10.00. The number of anilines is 1. The zero-order valence-electron chi connectivity index (χ0n) is 12.9. The molecule has 0 bridgehead atoms. The maximum Gasteiger partial charge on any atom is 0.324 e. The maximum absolute atomic E-state index is 12.5. The lowest BCUT2D eigenvalue weighted by Crippen LogP contribution is -2.48. The van der Waals surface area contributed by atoms with Gasteiger partial charge in [0.05, 0.1) is 48.2 Å². The number of fused-ring (bicyclic) bond motifs is 4. The molecule has 2 aromatic rings. The molecule has 0 aliphatic carbocycles. The number of carbonyl (C=O) groups is 1. The average molecular weight is 347 g/mol. The van der Waals surface area contributed by atoms with E-state index in [-0.39, 0.29) is 30.8 Å². The molecule has 2 fully saturated rings. The fourth-order valence-corrected chi connectivity index (χ4v) is 4.82. The molecule has 3 aliphatic heterocycles. The topological polar surface area (TPSA) is 83.9 Å². The summed E-state index contributed by atoms with van der Waals surface area (Å²) in [5.74, 6) is 0.898. The summed E-state index contributed by atoms with van der Waals surface area (Å²) in [5.41, 5.74) is 2.07. The van der Waals surface area contributed by atoms with Crippen LogP contribution in [0.15, 0.2) is 12.1 Å². The molecular weight excluding hydrogens is 330 g/mol. The predicted molar refractivity (Wildman–Crippen MR) is 88.8 cm³/mol. The van der Waals surface area contributed by atoms with Crippen LogP contribution in [-0.2, 0) is 11.2 Å². The van der Waals surface area contributed by atoms with Crippen molar-refractivity contribution in [2.24, 2.45) is 0 Å². The van der Waals surface area contributed by atoms with Crippen molar-refractivity contribution >= 4 is 32.7 Å². The fraction of sp³-hybridized carbons (Fsp3) is 0.500. The molecule has 5 rings (SSSR count). The summed E-state index contributed by atoms with van der Waals surface area (Å²) in [5, 5.41) is 13.0. The number of nitrogens with zero attached hydrogens (tertiary/aromatic N) is 2. The van der Waals surface area contributed by atoms with E-state index in [1.165, 1.54) is 11.3 Å². The molecule has 2 saturated heterocycles. The Labute approximate surface area is 142 Å². The summed E-state index contributed by atoms with van der Waals surface area (Å²) in [6.07, 6.45) is 1.27. The van der Waals surface area contributed by atoms with Gasteiger partial charge in [0.15, 0.2) is 5.13 Å². The van der Waals surface area contributed by atoms with Crippen molar-refractivity contribution in [2.45, 2.75) is 31.0 Å². The van der Waals surface area contributed by atoms with Gasteiger partial charge in [-0.3, -0.25) is 4.90 Å². The Morgan fingerprint density at radius 1 is 1.46 bits per heavy atom. The number of hydrogen-bond acceptors (Lipinski definition) is 6. The summed E-state index contributed by atoms with van der Waals surface area (Å²) in [4.78, 5) is 18.9. The Bertz CT molecular complexity index is 823. The SMILES string of the molecule is O=C1N[C@@H]2C[C@H](CO)OC[C@@H]2N1c1nc2c3c(ccc2s1)OCC3. The Hall–Kier alpha value is -1.90. The lowest BCUT2D eigenvalue weighted by Gasteiger charge is -2.32. The van der Waals surface area contributed by atoms with E-state index < -0.39 is 0 Å². The first-order valence-electron chi connectivity index (χ1n) is 8.12. The Morgan fingerprint density at radius 2 is 2.38 bits per heavy atom. The van der Waals surface area contributed by atoms with E-state index in [2.05, 4.69) is 5.32 Å². The fourth-order valence-electron chi connectivity index (χ4n) is 3.76. The molecule has 24 heavy (non-hydrogen) atoms. The molecule has 1 aromatic carbocycles. The lowest BCUT2D eigenvalue weighted by molar-refractivity contribution is -0.0311. The number of urea groups is 1. The van der Waals surface area contributed by atoms with Gasteiger partial charge in [-0.05, 0) is 18.6 Å². The largest absolute Gasteiger partial charge is 0.493 e. The van der Waals surface area contributed by atoms with Crippen molar-refractivity contribution in [2.75, 3.05) is 24.7 Å². The van der Waals surface area contributed by atoms with Crippen LogP contribution in [0.1, 0.15) is 12.0 Å². The van der Waals surface area contributed by atoms with Crippen LogP contribution in [-0.4, -0.2) is 54.1 Å². The van der Waals surface area contributed by atoms with Crippen molar-refractivity contribution in [1.82, 2.24) is 10.3 Å². The maximum atomic E-state index is 12.5. The Morgan fingerprint density at radius 3 is 3.25 bits per heavy atom. The number of aliphatic hydroxyl groups excluding tert-OH is 1. The van der Waals surface area contributed by atoms with Gasteiger partial charge in [-0.15, -0.1) is 0 Å². The van der Waals surface area contributed by atoms with Crippen molar-refractivity contribution < 1.29 is 19.4 Å². The third-order valence-electron chi connectivity index (χ3n) is 4.97. The highest BCUT2D eigenvalue weighted by Gasteiger charge is 2.45.